The maximum Gasteiger partial charge on any atom is 0.416 e. The maximum absolute atomic E-state index is 12.6. The number of carbonyl (C=O) groups is 1. The van der Waals surface area contributed by atoms with Gasteiger partial charge in [-0.15, -0.1) is 0 Å². The molecule has 1 fully saturated rings. The van der Waals surface area contributed by atoms with E-state index in [0.717, 1.165) is 31.6 Å². The standard InChI is InChI=1S/C21H23F3N2O/c1-15-4-2-3-5-19(15)26-11-10-17(14-26)13-25-20(27)12-16-6-8-18(9-7-16)21(22,23)24/h2-9,17H,10-14H2,1H3,(H,25,27)/t17-/m1/s1. The molecular formula is C21H23F3N2O. The van der Waals surface area contributed by atoms with Crippen LogP contribution in [0.4, 0.5) is 18.9 Å². The van der Waals surface area contributed by atoms with Crippen molar-refractivity contribution in [2.45, 2.75) is 25.9 Å². The predicted octanol–water partition coefficient (Wildman–Crippen LogP) is 4.20. The Kier molecular flexibility index (Phi) is 5.73. The van der Waals surface area contributed by atoms with Gasteiger partial charge in [-0.3, -0.25) is 4.79 Å². The molecule has 6 heteroatoms. The van der Waals surface area contributed by atoms with Crippen molar-refractivity contribution in [3.05, 3.63) is 65.2 Å². The highest BCUT2D eigenvalue weighted by Gasteiger charge is 2.30. The summed E-state index contributed by atoms with van der Waals surface area (Å²) in [5.41, 5.74) is 2.35. The summed E-state index contributed by atoms with van der Waals surface area (Å²) in [6, 6.07) is 13.0. The van der Waals surface area contributed by atoms with E-state index in [-0.39, 0.29) is 12.3 Å². The number of nitrogens with one attached hydrogen (secondary N) is 1. The molecule has 0 radical (unpaired) electrons. The molecule has 0 unspecified atom stereocenters. The number of anilines is 1. The molecule has 1 aliphatic heterocycles. The van der Waals surface area contributed by atoms with Gasteiger partial charge in [0.2, 0.25) is 5.91 Å². The number of alkyl halides is 3. The average molecular weight is 376 g/mol. The summed E-state index contributed by atoms with van der Waals surface area (Å²) >= 11 is 0. The van der Waals surface area contributed by atoms with Crippen LogP contribution in [-0.4, -0.2) is 25.5 Å². The van der Waals surface area contributed by atoms with Crippen molar-refractivity contribution < 1.29 is 18.0 Å². The normalized spacial score (nSPS) is 17.2. The second kappa shape index (κ2) is 8.03. The van der Waals surface area contributed by atoms with E-state index >= 15 is 0 Å². The number of amides is 1. The number of carbonyl (C=O) groups excluding carboxylic acids is 1. The van der Waals surface area contributed by atoms with Crippen LogP contribution in [0.15, 0.2) is 48.5 Å². The van der Waals surface area contributed by atoms with Crippen LogP contribution in [0.25, 0.3) is 0 Å². The smallest absolute Gasteiger partial charge is 0.371 e. The van der Waals surface area contributed by atoms with E-state index in [0.29, 0.717) is 18.0 Å². The van der Waals surface area contributed by atoms with Crippen molar-refractivity contribution >= 4 is 11.6 Å². The number of benzene rings is 2. The SMILES string of the molecule is Cc1ccccc1N1CC[C@H](CNC(=O)Cc2ccc(C(F)(F)F)cc2)C1. The van der Waals surface area contributed by atoms with Crippen LogP contribution in [0.3, 0.4) is 0 Å². The van der Waals surface area contributed by atoms with Crippen LogP contribution >= 0.6 is 0 Å². The lowest BCUT2D eigenvalue weighted by atomic mass is 10.1. The summed E-state index contributed by atoms with van der Waals surface area (Å²) < 4.78 is 37.7. The fourth-order valence-corrected chi connectivity index (χ4v) is 3.45. The van der Waals surface area contributed by atoms with E-state index in [4.69, 9.17) is 0 Å². The molecule has 0 bridgehead atoms. The maximum atomic E-state index is 12.6. The zero-order valence-corrected chi connectivity index (χ0v) is 15.2. The summed E-state index contributed by atoms with van der Waals surface area (Å²) in [4.78, 5) is 14.4. The molecule has 0 spiro atoms. The van der Waals surface area contributed by atoms with E-state index in [2.05, 4.69) is 29.3 Å². The van der Waals surface area contributed by atoms with Crippen molar-refractivity contribution in [2.75, 3.05) is 24.5 Å². The number of hydrogen-bond donors (Lipinski definition) is 1. The highest BCUT2D eigenvalue weighted by molar-refractivity contribution is 5.78. The topological polar surface area (TPSA) is 32.3 Å². The Bertz CT molecular complexity index is 787. The summed E-state index contributed by atoms with van der Waals surface area (Å²) in [5.74, 6) is 0.213. The van der Waals surface area contributed by atoms with Crippen LogP contribution in [0.1, 0.15) is 23.1 Å². The first-order valence-electron chi connectivity index (χ1n) is 9.06. The van der Waals surface area contributed by atoms with E-state index in [9.17, 15) is 18.0 Å². The minimum absolute atomic E-state index is 0.0896. The Morgan fingerprint density at radius 3 is 2.52 bits per heavy atom. The quantitative estimate of drug-likeness (QED) is 0.848. The highest BCUT2D eigenvalue weighted by atomic mass is 19.4. The van der Waals surface area contributed by atoms with Crippen molar-refractivity contribution in [3.63, 3.8) is 0 Å². The molecule has 0 saturated carbocycles. The van der Waals surface area contributed by atoms with Crippen LogP contribution in [0, 0.1) is 12.8 Å². The molecule has 1 atom stereocenters. The largest absolute Gasteiger partial charge is 0.416 e. The number of aryl methyl sites for hydroxylation is 1. The molecule has 2 aromatic rings. The lowest BCUT2D eigenvalue weighted by Gasteiger charge is -2.21. The van der Waals surface area contributed by atoms with Gasteiger partial charge in [-0.25, -0.2) is 0 Å². The van der Waals surface area contributed by atoms with Gasteiger partial charge in [0.05, 0.1) is 12.0 Å². The minimum Gasteiger partial charge on any atom is -0.371 e. The fraction of sp³-hybridized carbons (Fsp3) is 0.381. The third-order valence-corrected chi connectivity index (χ3v) is 4.98. The van der Waals surface area contributed by atoms with Crippen molar-refractivity contribution in [1.82, 2.24) is 5.32 Å². The Balaban J connectivity index is 1.47. The van der Waals surface area contributed by atoms with Crippen LogP contribution in [-0.2, 0) is 17.4 Å². The van der Waals surface area contributed by atoms with Crippen LogP contribution < -0.4 is 10.2 Å². The molecule has 144 valence electrons. The van der Waals surface area contributed by atoms with Gasteiger partial charge >= 0.3 is 6.18 Å². The number of nitrogens with zero attached hydrogens (tertiary/aromatic N) is 1. The summed E-state index contributed by atoms with van der Waals surface area (Å²) in [6.45, 7) is 4.53. The second-order valence-corrected chi connectivity index (χ2v) is 7.06. The third-order valence-electron chi connectivity index (χ3n) is 4.98. The van der Waals surface area contributed by atoms with Gasteiger partial charge in [0.1, 0.15) is 0 Å². The first-order valence-corrected chi connectivity index (χ1v) is 9.06. The van der Waals surface area contributed by atoms with E-state index in [1.165, 1.54) is 23.4 Å². The Morgan fingerprint density at radius 2 is 1.85 bits per heavy atom. The molecule has 1 saturated heterocycles. The van der Waals surface area contributed by atoms with Crippen molar-refractivity contribution in [2.24, 2.45) is 5.92 Å². The average Bonchev–Trinajstić information content (AvgIpc) is 3.09. The van der Waals surface area contributed by atoms with Crippen LogP contribution in [0.5, 0.6) is 0 Å². The number of halogens is 3. The molecular weight excluding hydrogens is 353 g/mol. The molecule has 1 amide bonds. The number of rotatable bonds is 5. The minimum atomic E-state index is -4.35. The molecule has 1 heterocycles. The monoisotopic (exact) mass is 376 g/mol. The van der Waals surface area contributed by atoms with E-state index in [1.807, 2.05) is 12.1 Å². The van der Waals surface area contributed by atoms with Gasteiger partial charge in [-0.1, -0.05) is 30.3 Å². The Morgan fingerprint density at radius 1 is 1.15 bits per heavy atom. The molecule has 0 aromatic heterocycles. The van der Waals surface area contributed by atoms with Gasteiger partial charge < -0.3 is 10.2 Å². The Hall–Kier alpha value is -2.50. The molecule has 3 nitrogen and oxygen atoms in total. The van der Waals surface area contributed by atoms with Gasteiger partial charge in [-0.2, -0.15) is 13.2 Å². The number of hydrogen-bond acceptors (Lipinski definition) is 2. The first-order chi connectivity index (χ1) is 12.8. The molecule has 0 aliphatic carbocycles. The van der Waals surface area contributed by atoms with Gasteiger partial charge in [-0.05, 0) is 48.6 Å². The Labute approximate surface area is 157 Å². The summed E-state index contributed by atoms with van der Waals surface area (Å²) in [5, 5.41) is 2.92. The predicted molar refractivity (Wildman–Crippen MR) is 99.7 cm³/mol. The first kappa shape index (κ1) is 19.3. The fourth-order valence-electron chi connectivity index (χ4n) is 3.45. The number of para-hydroxylation sites is 1. The zero-order chi connectivity index (χ0) is 19.4. The van der Waals surface area contributed by atoms with Gasteiger partial charge in [0.15, 0.2) is 0 Å². The van der Waals surface area contributed by atoms with Crippen molar-refractivity contribution in [3.8, 4) is 0 Å². The highest BCUT2D eigenvalue weighted by Crippen LogP contribution is 2.29. The summed E-state index contributed by atoms with van der Waals surface area (Å²) in [7, 11) is 0. The van der Waals surface area contributed by atoms with Gasteiger partial charge in [0, 0.05) is 25.3 Å². The van der Waals surface area contributed by atoms with Crippen LogP contribution in [0.2, 0.25) is 0 Å². The second-order valence-electron chi connectivity index (χ2n) is 7.06. The zero-order valence-electron chi connectivity index (χ0n) is 15.2. The molecule has 3 rings (SSSR count). The third kappa shape index (κ3) is 5.02. The lowest BCUT2D eigenvalue weighted by molar-refractivity contribution is -0.137. The molecule has 1 N–H and O–H groups in total. The molecule has 1 aliphatic rings. The van der Waals surface area contributed by atoms with E-state index in [1.54, 1.807) is 0 Å². The summed E-state index contributed by atoms with van der Waals surface area (Å²) in [6.07, 6.45) is -3.26. The van der Waals surface area contributed by atoms with Gasteiger partial charge in [0.25, 0.3) is 0 Å². The molecule has 27 heavy (non-hydrogen) atoms. The lowest BCUT2D eigenvalue weighted by Crippen LogP contribution is -2.32. The van der Waals surface area contributed by atoms with E-state index < -0.39 is 11.7 Å². The van der Waals surface area contributed by atoms with Crippen molar-refractivity contribution in [1.29, 1.82) is 0 Å². The molecule has 2 aromatic carbocycles.